The predicted molar refractivity (Wildman–Crippen MR) is 99.0 cm³/mol. The monoisotopic (exact) mass is 368 g/mol. The van der Waals surface area contributed by atoms with Gasteiger partial charge in [-0.05, 0) is 23.1 Å². The number of rotatable bonds is 4. The first-order valence-corrected chi connectivity index (χ1v) is 9.98. The van der Waals surface area contributed by atoms with Gasteiger partial charge in [0.15, 0.2) is 0 Å². The van der Waals surface area contributed by atoms with E-state index >= 15 is 0 Å². The minimum atomic E-state index is -3.68. The van der Waals surface area contributed by atoms with E-state index in [1.54, 1.807) is 12.1 Å². The second-order valence-corrected chi connectivity index (χ2v) is 8.93. The van der Waals surface area contributed by atoms with Crippen molar-refractivity contribution in [1.82, 2.24) is 5.16 Å². The van der Waals surface area contributed by atoms with Crippen molar-refractivity contribution in [3.63, 3.8) is 0 Å². The lowest BCUT2D eigenvalue weighted by atomic mass is 10.0. The molecule has 0 saturated heterocycles. The SMILES string of the molecule is CC1(C)[C@@H](c2ccc(S(N)(=O)=O)cc2)[C@@H]1c1cc(-c2ccccc2)no1. The second kappa shape index (κ2) is 5.79. The van der Waals surface area contributed by atoms with Crippen molar-refractivity contribution >= 4 is 10.0 Å². The Morgan fingerprint density at radius 2 is 1.65 bits per heavy atom. The molecule has 0 radical (unpaired) electrons. The molecule has 1 aromatic heterocycles. The Labute approximate surface area is 152 Å². The van der Waals surface area contributed by atoms with Gasteiger partial charge in [-0.1, -0.05) is 61.5 Å². The van der Waals surface area contributed by atoms with Crippen LogP contribution in [-0.2, 0) is 10.0 Å². The van der Waals surface area contributed by atoms with Gasteiger partial charge in [0, 0.05) is 23.5 Å². The fourth-order valence-corrected chi connectivity index (χ4v) is 4.35. The van der Waals surface area contributed by atoms with E-state index in [2.05, 4.69) is 19.0 Å². The van der Waals surface area contributed by atoms with E-state index in [9.17, 15) is 8.42 Å². The highest BCUT2D eigenvalue weighted by Gasteiger charge is 2.60. The van der Waals surface area contributed by atoms with Crippen LogP contribution >= 0.6 is 0 Å². The standard InChI is InChI=1S/C20H20N2O3S/c1-20(2)18(14-8-10-15(11-9-14)26(21,23)24)19(20)17-12-16(22-25-17)13-6-4-3-5-7-13/h3-12,18-19H,1-2H3,(H2,21,23,24)/t18-,19-/m0/s1. The van der Waals surface area contributed by atoms with Gasteiger partial charge in [0.2, 0.25) is 10.0 Å². The van der Waals surface area contributed by atoms with E-state index in [1.807, 2.05) is 48.5 Å². The van der Waals surface area contributed by atoms with E-state index in [-0.39, 0.29) is 22.1 Å². The molecule has 26 heavy (non-hydrogen) atoms. The molecule has 2 atom stereocenters. The van der Waals surface area contributed by atoms with Crippen LogP contribution in [0.1, 0.15) is 37.0 Å². The van der Waals surface area contributed by atoms with E-state index in [1.165, 1.54) is 0 Å². The molecule has 1 aliphatic rings. The maximum atomic E-state index is 11.4. The Bertz CT molecular complexity index is 1040. The van der Waals surface area contributed by atoms with Crippen LogP contribution in [0.5, 0.6) is 0 Å². The Kier molecular flexibility index (Phi) is 3.78. The molecular weight excluding hydrogens is 348 g/mol. The molecule has 134 valence electrons. The lowest BCUT2D eigenvalue weighted by Gasteiger charge is -2.04. The second-order valence-electron chi connectivity index (χ2n) is 7.37. The minimum absolute atomic E-state index is 0.0105. The molecule has 6 heteroatoms. The normalized spacial score (nSPS) is 21.5. The van der Waals surface area contributed by atoms with Crippen LogP contribution < -0.4 is 5.14 Å². The average Bonchev–Trinajstić information content (AvgIpc) is 2.95. The molecule has 1 saturated carbocycles. The van der Waals surface area contributed by atoms with Gasteiger partial charge in [-0.15, -0.1) is 0 Å². The quantitative estimate of drug-likeness (QED) is 0.757. The summed E-state index contributed by atoms with van der Waals surface area (Å²) in [6.45, 7) is 4.36. The van der Waals surface area contributed by atoms with Gasteiger partial charge in [0.25, 0.3) is 0 Å². The van der Waals surface area contributed by atoms with Gasteiger partial charge in [-0.3, -0.25) is 0 Å². The number of sulfonamides is 1. The van der Waals surface area contributed by atoms with Crippen molar-refractivity contribution in [3.8, 4) is 11.3 Å². The molecule has 2 aromatic carbocycles. The van der Waals surface area contributed by atoms with Crippen molar-refractivity contribution in [2.24, 2.45) is 10.6 Å². The Morgan fingerprint density at radius 3 is 2.27 bits per heavy atom. The minimum Gasteiger partial charge on any atom is -0.360 e. The maximum absolute atomic E-state index is 11.4. The van der Waals surface area contributed by atoms with E-state index < -0.39 is 10.0 Å². The molecule has 1 heterocycles. The van der Waals surface area contributed by atoms with Gasteiger partial charge < -0.3 is 4.52 Å². The summed E-state index contributed by atoms with van der Waals surface area (Å²) >= 11 is 0. The van der Waals surface area contributed by atoms with Gasteiger partial charge in [0.1, 0.15) is 11.5 Å². The molecule has 0 amide bonds. The van der Waals surface area contributed by atoms with E-state index in [4.69, 9.17) is 9.66 Å². The number of hydrogen-bond donors (Lipinski definition) is 1. The van der Waals surface area contributed by atoms with Gasteiger partial charge in [-0.25, -0.2) is 13.6 Å². The first-order valence-electron chi connectivity index (χ1n) is 8.43. The third-order valence-corrected chi connectivity index (χ3v) is 6.23. The fourth-order valence-electron chi connectivity index (χ4n) is 3.84. The van der Waals surface area contributed by atoms with E-state index in [0.717, 1.165) is 22.6 Å². The molecule has 2 N–H and O–H groups in total. The molecule has 0 aliphatic heterocycles. The number of nitrogens with zero attached hydrogens (tertiary/aromatic N) is 1. The lowest BCUT2D eigenvalue weighted by molar-refractivity contribution is 0.375. The van der Waals surface area contributed by atoms with Crippen molar-refractivity contribution in [1.29, 1.82) is 0 Å². The third-order valence-electron chi connectivity index (χ3n) is 5.30. The van der Waals surface area contributed by atoms with Crippen LogP contribution in [0.3, 0.4) is 0 Å². The lowest BCUT2D eigenvalue weighted by Crippen LogP contribution is -2.11. The summed E-state index contributed by atoms with van der Waals surface area (Å²) in [6.07, 6.45) is 0. The third kappa shape index (κ3) is 2.85. The molecule has 3 aromatic rings. The summed E-state index contributed by atoms with van der Waals surface area (Å²) in [6, 6.07) is 18.7. The van der Waals surface area contributed by atoms with Crippen LogP contribution in [-0.4, -0.2) is 13.6 Å². The molecule has 5 nitrogen and oxygen atoms in total. The highest BCUT2D eigenvalue weighted by atomic mass is 32.2. The summed E-state index contributed by atoms with van der Waals surface area (Å²) in [5.41, 5.74) is 2.93. The van der Waals surface area contributed by atoms with Crippen molar-refractivity contribution in [2.45, 2.75) is 30.6 Å². The number of nitrogens with two attached hydrogens (primary N) is 1. The molecule has 0 unspecified atom stereocenters. The number of benzene rings is 2. The first-order chi connectivity index (χ1) is 12.3. The number of aromatic nitrogens is 1. The molecule has 4 rings (SSSR count). The fraction of sp³-hybridized carbons (Fsp3) is 0.250. The van der Waals surface area contributed by atoms with Crippen molar-refractivity contribution < 1.29 is 12.9 Å². The zero-order valence-corrected chi connectivity index (χ0v) is 15.4. The predicted octanol–water partition coefficient (Wildman–Crippen LogP) is 3.90. The number of hydrogen-bond acceptors (Lipinski definition) is 4. The summed E-state index contributed by atoms with van der Waals surface area (Å²) in [7, 11) is -3.68. The van der Waals surface area contributed by atoms with Crippen molar-refractivity contribution in [3.05, 3.63) is 72.0 Å². The average molecular weight is 368 g/mol. The summed E-state index contributed by atoms with van der Waals surface area (Å²) < 4.78 is 28.5. The highest BCUT2D eigenvalue weighted by Crippen LogP contribution is 2.70. The zero-order valence-electron chi connectivity index (χ0n) is 14.6. The van der Waals surface area contributed by atoms with Crippen LogP contribution in [0.15, 0.2) is 70.1 Å². The molecule has 1 aliphatic carbocycles. The molecule has 0 bridgehead atoms. The maximum Gasteiger partial charge on any atom is 0.238 e. The highest BCUT2D eigenvalue weighted by molar-refractivity contribution is 7.89. The smallest absolute Gasteiger partial charge is 0.238 e. The Morgan fingerprint density at radius 1 is 1.00 bits per heavy atom. The summed E-state index contributed by atoms with van der Waals surface area (Å²) in [5.74, 6) is 1.30. The molecule has 0 spiro atoms. The van der Waals surface area contributed by atoms with E-state index in [0.29, 0.717) is 0 Å². The topological polar surface area (TPSA) is 86.2 Å². The van der Waals surface area contributed by atoms with Gasteiger partial charge in [-0.2, -0.15) is 0 Å². The van der Waals surface area contributed by atoms with Gasteiger partial charge >= 0.3 is 0 Å². The van der Waals surface area contributed by atoms with Crippen LogP contribution in [0.4, 0.5) is 0 Å². The molecular formula is C20H20N2O3S. The summed E-state index contributed by atoms with van der Waals surface area (Å²) in [4.78, 5) is 0.127. The molecule has 1 fully saturated rings. The number of primary sulfonamides is 1. The first kappa shape index (κ1) is 17.0. The van der Waals surface area contributed by atoms with Crippen LogP contribution in [0.2, 0.25) is 0 Å². The zero-order chi connectivity index (χ0) is 18.5. The van der Waals surface area contributed by atoms with Gasteiger partial charge in [0.05, 0.1) is 4.90 Å². The largest absolute Gasteiger partial charge is 0.360 e. The van der Waals surface area contributed by atoms with Crippen LogP contribution in [0, 0.1) is 5.41 Å². The summed E-state index contributed by atoms with van der Waals surface area (Å²) in [5, 5.41) is 9.39. The van der Waals surface area contributed by atoms with Crippen molar-refractivity contribution in [2.75, 3.05) is 0 Å². The van der Waals surface area contributed by atoms with Crippen LogP contribution in [0.25, 0.3) is 11.3 Å². The Hall–Kier alpha value is -2.44. The Balaban J connectivity index is 1.62.